The normalized spacial score (nSPS) is 4.67. The quantitative estimate of drug-likeness (QED) is 0.334. The van der Waals surface area contributed by atoms with Crippen LogP contribution in [-0.4, -0.2) is 11.9 Å². The van der Waals surface area contributed by atoms with Crippen LogP contribution < -0.4 is 10.2 Å². The van der Waals surface area contributed by atoms with E-state index in [1.807, 2.05) is 23.7 Å². The Balaban J connectivity index is -0.000000180. The summed E-state index contributed by atoms with van der Waals surface area (Å²) >= 11 is 0. The molecule has 0 saturated carbocycles. The van der Waals surface area contributed by atoms with Crippen molar-refractivity contribution >= 4 is 11.9 Å². The van der Waals surface area contributed by atoms with Gasteiger partial charge in [-0.2, -0.15) is 0 Å². The molecular weight excluding hydrogens is 249 g/mol. The average molecular weight is 252 g/mol. The maximum absolute atomic E-state index is 9.38. The third-order valence-electron chi connectivity index (χ3n) is 0.473. The van der Waals surface area contributed by atoms with Gasteiger partial charge >= 0.3 is 19.5 Å². The van der Waals surface area contributed by atoms with Crippen molar-refractivity contribution in [2.24, 2.45) is 0 Å². The van der Waals surface area contributed by atoms with Crippen molar-refractivity contribution in [3.05, 3.63) is 0 Å². The third-order valence-corrected chi connectivity index (χ3v) is 0.473. The largest absolute Gasteiger partial charge is 2.00 e. The van der Waals surface area contributed by atoms with Crippen LogP contribution in [0.15, 0.2) is 0 Å². The van der Waals surface area contributed by atoms with E-state index in [1.54, 1.807) is 11.8 Å². The molecule has 0 aliphatic heterocycles. The first-order valence-electron chi connectivity index (χ1n) is 2.89. The molecule has 0 aromatic heterocycles. The monoisotopic (exact) mass is 250 g/mol. The van der Waals surface area contributed by atoms with Crippen molar-refractivity contribution in [1.29, 1.82) is 0 Å². The van der Waals surface area contributed by atoms with Gasteiger partial charge in [-0.05, 0) is 35.5 Å². The summed E-state index contributed by atoms with van der Waals surface area (Å²) in [6.07, 6.45) is 9.12. The Kier molecular flexibility index (Phi) is 17.7. The third kappa shape index (κ3) is 33.7. The molecule has 15 heavy (non-hydrogen) atoms. The van der Waals surface area contributed by atoms with Crippen molar-refractivity contribution in [2.75, 3.05) is 0 Å². The minimum absolute atomic E-state index is 0. The second-order valence-electron chi connectivity index (χ2n) is 1.36. The molecule has 0 aromatic carbocycles. The van der Waals surface area contributed by atoms with Gasteiger partial charge in [0.15, 0.2) is 0 Å². The van der Waals surface area contributed by atoms with Gasteiger partial charge in [-0.1, -0.05) is 0 Å². The summed E-state index contributed by atoms with van der Waals surface area (Å²) < 4.78 is 0. The van der Waals surface area contributed by atoms with E-state index in [0.29, 0.717) is 0 Å². The Morgan fingerprint density at radius 1 is 0.867 bits per heavy atom. The molecule has 0 aliphatic rings. The van der Waals surface area contributed by atoms with E-state index in [-0.39, 0.29) is 19.5 Å². The van der Waals surface area contributed by atoms with Gasteiger partial charge in [0.05, 0.1) is 0 Å². The number of carboxylic acid groups (broad SMARTS) is 2. The summed E-state index contributed by atoms with van der Waals surface area (Å²) in [5.74, 6) is 7.70. The van der Waals surface area contributed by atoms with E-state index < -0.39 is 11.9 Å². The van der Waals surface area contributed by atoms with Crippen LogP contribution in [0, 0.1) is 48.4 Å². The van der Waals surface area contributed by atoms with Crippen molar-refractivity contribution in [3.63, 3.8) is 0 Å². The van der Waals surface area contributed by atoms with Crippen LogP contribution >= 0.6 is 0 Å². The molecule has 0 rings (SSSR count). The molecule has 0 amide bonds. The number of carbonyl (C=O) groups excluding carboxylic acids is 2. The van der Waals surface area contributed by atoms with E-state index in [0.717, 1.165) is 0 Å². The molecule has 0 aliphatic carbocycles. The number of carbonyl (C=O) groups is 2. The van der Waals surface area contributed by atoms with Crippen LogP contribution in [0.25, 0.3) is 0 Å². The molecule has 0 N–H and O–H groups in total. The van der Waals surface area contributed by atoms with Gasteiger partial charge in [0.25, 0.3) is 0 Å². The first kappa shape index (κ1) is 18.6. The van der Waals surface area contributed by atoms with Crippen LogP contribution in [0.3, 0.4) is 0 Å². The van der Waals surface area contributed by atoms with E-state index in [1.165, 1.54) is 0 Å². The fourth-order valence-corrected chi connectivity index (χ4v) is 0.174. The zero-order chi connectivity index (χ0) is 11.4. The standard InChI is InChI=1S/2C5H2O2.Zn/c2*1-2-3-4-5(6)7;/h2*1H,(H,6,7);/q;;+2/p-2. The van der Waals surface area contributed by atoms with Crippen molar-refractivity contribution in [2.45, 2.75) is 0 Å². The molecular formula is C10H2O4Zn. The fourth-order valence-electron chi connectivity index (χ4n) is 0.174. The van der Waals surface area contributed by atoms with Crippen molar-refractivity contribution in [3.8, 4) is 48.4 Å². The maximum atomic E-state index is 9.38. The van der Waals surface area contributed by atoms with Crippen LogP contribution in [0.2, 0.25) is 0 Å². The number of hydrogen-bond donors (Lipinski definition) is 0. The molecule has 68 valence electrons. The predicted molar refractivity (Wildman–Crippen MR) is 43.2 cm³/mol. The van der Waals surface area contributed by atoms with Crippen LogP contribution in [0.5, 0.6) is 0 Å². The minimum atomic E-state index is -1.45. The summed E-state index contributed by atoms with van der Waals surface area (Å²) in [6, 6.07) is 0. The second kappa shape index (κ2) is 14.3. The Hall–Kier alpha value is -2.20. The van der Waals surface area contributed by atoms with Crippen molar-refractivity contribution in [1.82, 2.24) is 0 Å². The smallest absolute Gasteiger partial charge is 0.537 e. The Bertz CT molecular complexity index is 373. The Labute approximate surface area is 99.8 Å². The van der Waals surface area contributed by atoms with E-state index >= 15 is 0 Å². The van der Waals surface area contributed by atoms with Crippen molar-refractivity contribution < 1.29 is 39.3 Å². The maximum Gasteiger partial charge on any atom is 2.00 e. The zero-order valence-electron chi connectivity index (χ0n) is 7.49. The van der Waals surface area contributed by atoms with Gasteiger partial charge in [0.1, 0.15) is 11.9 Å². The zero-order valence-corrected chi connectivity index (χ0v) is 10.5. The molecule has 0 heterocycles. The summed E-state index contributed by atoms with van der Waals surface area (Å²) in [7, 11) is 0. The minimum Gasteiger partial charge on any atom is -0.537 e. The average Bonchev–Trinajstić information content (AvgIpc) is 2.12. The molecule has 0 atom stereocenters. The van der Waals surface area contributed by atoms with E-state index in [9.17, 15) is 19.8 Å². The number of carboxylic acids is 2. The molecule has 0 spiro atoms. The van der Waals surface area contributed by atoms with Gasteiger partial charge in [-0.15, -0.1) is 12.8 Å². The number of hydrogen-bond acceptors (Lipinski definition) is 4. The van der Waals surface area contributed by atoms with Crippen LogP contribution in [0.4, 0.5) is 0 Å². The summed E-state index contributed by atoms with van der Waals surface area (Å²) in [5, 5.41) is 18.8. The predicted octanol–water partition coefficient (Wildman–Crippen LogP) is -3.26. The van der Waals surface area contributed by atoms with Gasteiger partial charge in [0.2, 0.25) is 0 Å². The number of aliphatic carboxylic acids is 2. The fraction of sp³-hybridized carbons (Fsp3) is 0. The van der Waals surface area contributed by atoms with Crippen LogP contribution in [0.1, 0.15) is 0 Å². The Morgan fingerprint density at radius 3 is 1.20 bits per heavy atom. The molecule has 0 saturated heterocycles. The van der Waals surface area contributed by atoms with E-state index in [4.69, 9.17) is 0 Å². The molecule has 0 bridgehead atoms. The molecule has 0 aromatic rings. The SMILES string of the molecule is C#CC#CC(=O)[O-].C#CC#CC(=O)[O-].[Zn+2]. The van der Waals surface area contributed by atoms with Gasteiger partial charge < -0.3 is 19.8 Å². The molecule has 5 heteroatoms. The number of rotatable bonds is 0. The first-order chi connectivity index (χ1) is 6.54. The molecule has 0 radical (unpaired) electrons. The first-order valence-corrected chi connectivity index (χ1v) is 2.89. The van der Waals surface area contributed by atoms with Gasteiger partial charge in [-0.25, -0.2) is 0 Å². The summed E-state index contributed by atoms with van der Waals surface area (Å²) in [6.45, 7) is 0. The topological polar surface area (TPSA) is 80.3 Å². The van der Waals surface area contributed by atoms with Gasteiger partial charge in [0, 0.05) is 0 Å². The Morgan fingerprint density at radius 2 is 1.13 bits per heavy atom. The summed E-state index contributed by atoms with van der Waals surface area (Å²) in [4.78, 5) is 18.8. The van der Waals surface area contributed by atoms with E-state index in [2.05, 4.69) is 12.8 Å². The summed E-state index contributed by atoms with van der Waals surface area (Å²) in [5.41, 5.74) is 0. The van der Waals surface area contributed by atoms with Gasteiger partial charge in [-0.3, -0.25) is 0 Å². The molecule has 0 fully saturated rings. The molecule has 0 unspecified atom stereocenters. The second-order valence-corrected chi connectivity index (χ2v) is 1.36. The van der Waals surface area contributed by atoms with Crippen LogP contribution in [-0.2, 0) is 29.1 Å². The molecule has 4 nitrogen and oxygen atoms in total. The number of terminal acetylenes is 2.